The molecule has 0 rings (SSSR count). The molecule has 1 amide bonds. The van der Waals surface area contributed by atoms with Crippen molar-refractivity contribution in [1.82, 2.24) is 5.32 Å². The first kappa shape index (κ1) is 74.8. The summed E-state index contributed by atoms with van der Waals surface area (Å²) in [4.78, 5) is 24.6. The van der Waals surface area contributed by atoms with Crippen LogP contribution in [-0.2, 0) is 14.3 Å². The Hall–Kier alpha value is -2.18. The maximum Gasteiger partial charge on any atom is 0.305 e. The summed E-state index contributed by atoms with van der Waals surface area (Å²) in [5.41, 5.74) is 0. The van der Waals surface area contributed by atoms with Crippen LogP contribution in [0.25, 0.3) is 0 Å². The molecule has 0 aliphatic rings. The quantitative estimate of drug-likeness (QED) is 0.0320. The molecule has 0 aromatic heterocycles. The van der Waals surface area contributed by atoms with Crippen LogP contribution in [0, 0.1) is 0 Å². The van der Waals surface area contributed by atoms with Gasteiger partial charge in [0.25, 0.3) is 0 Å². The average molecular weight is 1080 g/mol. The van der Waals surface area contributed by atoms with Crippen LogP contribution in [-0.4, -0.2) is 47.4 Å². The minimum absolute atomic E-state index is 0.00379. The zero-order valence-electron chi connectivity index (χ0n) is 51.7. The topological polar surface area (TPSA) is 95.9 Å². The molecule has 0 fully saturated rings. The van der Waals surface area contributed by atoms with Gasteiger partial charge in [-0.25, -0.2) is 0 Å². The maximum absolute atomic E-state index is 12.5. The third kappa shape index (κ3) is 62.9. The molecular formula is C71H133NO5. The van der Waals surface area contributed by atoms with E-state index in [4.69, 9.17) is 4.74 Å². The van der Waals surface area contributed by atoms with Crippen molar-refractivity contribution < 1.29 is 24.5 Å². The van der Waals surface area contributed by atoms with Gasteiger partial charge in [-0.05, 0) is 89.9 Å². The number of esters is 1. The van der Waals surface area contributed by atoms with Crippen molar-refractivity contribution in [1.29, 1.82) is 0 Å². The molecule has 2 atom stereocenters. The molecule has 3 N–H and O–H groups in total. The van der Waals surface area contributed by atoms with E-state index in [1.54, 1.807) is 6.08 Å². The van der Waals surface area contributed by atoms with Gasteiger partial charge in [-0.1, -0.05) is 313 Å². The van der Waals surface area contributed by atoms with Gasteiger partial charge >= 0.3 is 5.97 Å². The molecule has 0 aromatic rings. The van der Waals surface area contributed by atoms with Crippen LogP contribution in [0.4, 0.5) is 0 Å². The first-order valence-electron chi connectivity index (χ1n) is 34.4. The lowest BCUT2D eigenvalue weighted by Crippen LogP contribution is -2.45. The third-order valence-corrected chi connectivity index (χ3v) is 15.8. The zero-order valence-corrected chi connectivity index (χ0v) is 51.7. The molecule has 452 valence electrons. The van der Waals surface area contributed by atoms with Crippen LogP contribution >= 0.6 is 0 Å². The summed E-state index contributed by atoms with van der Waals surface area (Å²) in [5, 5.41) is 23.2. The fourth-order valence-corrected chi connectivity index (χ4v) is 10.5. The van der Waals surface area contributed by atoms with Crippen LogP contribution in [0.5, 0.6) is 0 Å². The summed E-state index contributed by atoms with van der Waals surface area (Å²) in [6.45, 7) is 4.92. The molecule has 0 radical (unpaired) electrons. The minimum atomic E-state index is -0.853. The largest absolute Gasteiger partial charge is 0.466 e. The van der Waals surface area contributed by atoms with Crippen LogP contribution in [0.15, 0.2) is 48.6 Å². The Morgan fingerprint density at radius 3 is 1.00 bits per heavy atom. The number of rotatable bonds is 64. The Morgan fingerprint density at radius 2 is 0.649 bits per heavy atom. The second kappa shape index (κ2) is 66.3. The SMILES string of the molecule is CCCCCCCCC/C=C\CCCCCCCCCC(=O)OCCCCCCCCCCC/C=C\C/C=C\CCCCCCCCCC(=O)NC(CO)C(O)/C=C/CCCCCCCCCCCCCCCCCCC. The predicted octanol–water partition coefficient (Wildman–Crippen LogP) is 22.1. The second-order valence-electron chi connectivity index (χ2n) is 23.5. The number of aliphatic hydroxyl groups excluding tert-OH is 2. The molecule has 0 spiro atoms. The van der Waals surface area contributed by atoms with Crippen molar-refractivity contribution in [2.45, 2.75) is 379 Å². The van der Waals surface area contributed by atoms with Gasteiger partial charge in [0.1, 0.15) is 0 Å². The predicted molar refractivity (Wildman–Crippen MR) is 338 cm³/mol. The number of ether oxygens (including phenoxy) is 1. The number of allylic oxidation sites excluding steroid dienone is 7. The molecule has 0 saturated carbocycles. The lowest BCUT2D eigenvalue weighted by Gasteiger charge is -2.20. The molecule has 0 bridgehead atoms. The molecule has 77 heavy (non-hydrogen) atoms. The first-order valence-corrected chi connectivity index (χ1v) is 34.4. The smallest absolute Gasteiger partial charge is 0.305 e. The maximum atomic E-state index is 12.5. The normalized spacial score (nSPS) is 12.8. The Labute approximate surface area is 480 Å². The summed E-state index contributed by atoms with van der Waals surface area (Å²) in [7, 11) is 0. The van der Waals surface area contributed by atoms with Gasteiger partial charge in [0.2, 0.25) is 5.91 Å². The van der Waals surface area contributed by atoms with Crippen LogP contribution in [0.2, 0.25) is 0 Å². The fraction of sp³-hybridized carbons (Fsp3) is 0.859. The lowest BCUT2D eigenvalue weighted by molar-refractivity contribution is -0.143. The summed E-state index contributed by atoms with van der Waals surface area (Å²) < 4.78 is 5.50. The molecule has 2 unspecified atom stereocenters. The molecule has 0 heterocycles. The number of aliphatic hydroxyl groups is 2. The van der Waals surface area contributed by atoms with Crippen molar-refractivity contribution >= 4 is 11.9 Å². The number of unbranched alkanes of at least 4 members (excludes halogenated alkanes) is 47. The second-order valence-corrected chi connectivity index (χ2v) is 23.5. The van der Waals surface area contributed by atoms with Crippen molar-refractivity contribution in [2.75, 3.05) is 13.2 Å². The number of amides is 1. The van der Waals surface area contributed by atoms with Gasteiger partial charge in [0.15, 0.2) is 0 Å². The van der Waals surface area contributed by atoms with E-state index in [0.29, 0.717) is 19.4 Å². The van der Waals surface area contributed by atoms with Crippen molar-refractivity contribution in [2.24, 2.45) is 0 Å². The molecule has 0 aliphatic carbocycles. The van der Waals surface area contributed by atoms with Crippen LogP contribution in [0.1, 0.15) is 367 Å². The number of carbonyl (C=O) groups is 2. The van der Waals surface area contributed by atoms with Gasteiger partial charge < -0.3 is 20.3 Å². The van der Waals surface area contributed by atoms with Gasteiger partial charge in [-0.3, -0.25) is 9.59 Å². The van der Waals surface area contributed by atoms with Gasteiger partial charge in [-0.2, -0.15) is 0 Å². The molecule has 6 nitrogen and oxygen atoms in total. The number of carbonyl (C=O) groups excluding carboxylic acids is 2. The number of hydrogen-bond donors (Lipinski definition) is 3. The molecule has 0 aromatic carbocycles. The lowest BCUT2D eigenvalue weighted by atomic mass is 10.0. The summed E-state index contributed by atoms with van der Waals surface area (Å²) in [6.07, 6.45) is 86.0. The van der Waals surface area contributed by atoms with E-state index in [1.165, 1.54) is 276 Å². The number of hydrogen-bond acceptors (Lipinski definition) is 5. The highest BCUT2D eigenvalue weighted by atomic mass is 16.5. The van der Waals surface area contributed by atoms with E-state index in [1.807, 2.05) is 6.08 Å². The van der Waals surface area contributed by atoms with E-state index in [-0.39, 0.29) is 18.5 Å². The fourth-order valence-electron chi connectivity index (χ4n) is 10.5. The monoisotopic (exact) mass is 1080 g/mol. The van der Waals surface area contributed by atoms with E-state index < -0.39 is 12.1 Å². The Morgan fingerprint density at radius 1 is 0.364 bits per heavy atom. The minimum Gasteiger partial charge on any atom is -0.466 e. The van der Waals surface area contributed by atoms with Crippen LogP contribution < -0.4 is 5.32 Å². The van der Waals surface area contributed by atoms with E-state index >= 15 is 0 Å². The Kier molecular flexibility index (Phi) is 64.5. The van der Waals surface area contributed by atoms with Gasteiger partial charge in [0.05, 0.1) is 25.4 Å². The standard InChI is InChI=1S/C71H133NO5/c1-3-5-7-9-11-13-15-17-19-21-28-31-35-39-43-47-51-55-59-63-69(74)68(67-73)72-70(75)64-60-56-52-48-44-40-36-32-29-26-24-23-25-27-30-34-38-42-46-50-54-58-62-66-77-71(76)65-61-57-53-49-45-41-37-33-22-20-18-16-14-12-10-8-6-4-2/h20,22-23,25-26,29,59,63,68-69,73-74H,3-19,21,24,27-28,30-58,60-62,64-67H2,1-2H3,(H,72,75)/b22-20-,25-23-,29-26-,63-59+. The van der Waals surface area contributed by atoms with E-state index in [0.717, 1.165) is 64.2 Å². The van der Waals surface area contributed by atoms with Crippen molar-refractivity contribution in [3.8, 4) is 0 Å². The van der Waals surface area contributed by atoms with Gasteiger partial charge in [-0.15, -0.1) is 0 Å². The zero-order chi connectivity index (χ0) is 55.7. The first-order chi connectivity index (χ1) is 38.0. The highest BCUT2D eigenvalue weighted by Crippen LogP contribution is 2.17. The summed E-state index contributed by atoms with van der Waals surface area (Å²) >= 11 is 0. The third-order valence-electron chi connectivity index (χ3n) is 15.8. The van der Waals surface area contributed by atoms with Crippen molar-refractivity contribution in [3.05, 3.63) is 48.6 Å². The highest BCUT2D eigenvalue weighted by Gasteiger charge is 2.18. The van der Waals surface area contributed by atoms with Gasteiger partial charge in [0, 0.05) is 12.8 Å². The van der Waals surface area contributed by atoms with Crippen LogP contribution in [0.3, 0.4) is 0 Å². The van der Waals surface area contributed by atoms with Crippen molar-refractivity contribution in [3.63, 3.8) is 0 Å². The Bertz CT molecular complexity index is 1290. The summed E-state index contributed by atoms with van der Waals surface area (Å²) in [6, 6.07) is -0.637. The highest BCUT2D eigenvalue weighted by molar-refractivity contribution is 5.76. The Balaban J connectivity index is 3.47. The summed E-state index contributed by atoms with van der Waals surface area (Å²) in [5.74, 6) is -0.0724. The molecule has 6 heteroatoms. The van der Waals surface area contributed by atoms with E-state index in [9.17, 15) is 19.8 Å². The number of nitrogens with one attached hydrogen (secondary N) is 1. The molecule has 0 saturated heterocycles. The van der Waals surface area contributed by atoms with E-state index in [2.05, 4.69) is 55.6 Å². The molecule has 0 aliphatic heterocycles. The molecular weight excluding hydrogens is 947 g/mol. The average Bonchev–Trinajstić information content (AvgIpc) is 3.43.